The van der Waals surface area contributed by atoms with Crippen LogP contribution in [-0.2, 0) is 6.42 Å². The molecule has 2 heteroatoms. The number of hydrogen-bond donors (Lipinski definition) is 1. The molecule has 0 aliphatic heterocycles. The van der Waals surface area contributed by atoms with Crippen molar-refractivity contribution in [1.82, 2.24) is 0 Å². The minimum atomic E-state index is 0.270. The van der Waals surface area contributed by atoms with Crippen LogP contribution < -0.4 is 5.73 Å². The number of thioether (sulfide) groups is 1. The summed E-state index contributed by atoms with van der Waals surface area (Å²) in [6, 6.07) is 15.4. The highest BCUT2D eigenvalue weighted by Gasteiger charge is 2.16. The Hall–Kier alpha value is -0.990. The molecule has 0 radical (unpaired) electrons. The summed E-state index contributed by atoms with van der Waals surface area (Å²) in [4.78, 5) is 0. The van der Waals surface area contributed by atoms with Crippen LogP contribution in [0.25, 0.3) is 10.8 Å². The van der Waals surface area contributed by atoms with Crippen LogP contribution in [0.3, 0.4) is 0 Å². The number of fused-ring (bicyclic) bond motifs is 1. The maximum atomic E-state index is 6.35. The molecule has 1 unspecified atom stereocenters. The summed E-state index contributed by atoms with van der Waals surface area (Å²) in [5, 5.41) is 3.55. The third-order valence-corrected chi connectivity index (χ3v) is 5.77. The number of rotatable bonds is 5. The molecule has 0 saturated heterocycles. The van der Waals surface area contributed by atoms with Gasteiger partial charge in [-0.05, 0) is 35.6 Å². The average Bonchev–Trinajstić information content (AvgIpc) is 2.99. The van der Waals surface area contributed by atoms with Gasteiger partial charge >= 0.3 is 0 Å². The zero-order valence-electron chi connectivity index (χ0n) is 11.9. The van der Waals surface area contributed by atoms with Crippen molar-refractivity contribution in [3.8, 4) is 0 Å². The SMILES string of the molecule is NC(CSC1CCCC1)Cc1cccc2ccccc12. The van der Waals surface area contributed by atoms with Gasteiger partial charge in [-0.2, -0.15) is 11.8 Å². The van der Waals surface area contributed by atoms with Gasteiger partial charge in [-0.3, -0.25) is 0 Å². The smallest absolute Gasteiger partial charge is 0.0171 e. The minimum Gasteiger partial charge on any atom is -0.327 e. The monoisotopic (exact) mass is 285 g/mol. The molecule has 1 fully saturated rings. The van der Waals surface area contributed by atoms with E-state index < -0.39 is 0 Å². The predicted molar refractivity (Wildman–Crippen MR) is 90.3 cm³/mol. The molecule has 0 aromatic heterocycles. The summed E-state index contributed by atoms with van der Waals surface area (Å²) in [6.07, 6.45) is 6.60. The van der Waals surface area contributed by atoms with E-state index in [0.717, 1.165) is 17.4 Å². The molecule has 2 aromatic rings. The van der Waals surface area contributed by atoms with Gasteiger partial charge in [0, 0.05) is 17.0 Å². The Morgan fingerprint density at radius 2 is 1.80 bits per heavy atom. The van der Waals surface area contributed by atoms with Crippen molar-refractivity contribution in [3.63, 3.8) is 0 Å². The molecule has 0 amide bonds. The zero-order valence-corrected chi connectivity index (χ0v) is 12.7. The first kappa shape index (κ1) is 14.0. The number of hydrogen-bond acceptors (Lipinski definition) is 2. The lowest BCUT2D eigenvalue weighted by molar-refractivity contribution is 0.748. The van der Waals surface area contributed by atoms with Crippen LogP contribution in [0.1, 0.15) is 31.2 Å². The van der Waals surface area contributed by atoms with Crippen molar-refractivity contribution in [2.45, 2.75) is 43.4 Å². The Labute approximate surface area is 125 Å². The predicted octanol–water partition coefficient (Wildman–Crippen LogP) is 4.39. The van der Waals surface area contributed by atoms with Crippen LogP contribution in [0, 0.1) is 0 Å². The maximum Gasteiger partial charge on any atom is 0.0171 e. The normalized spacial score (nSPS) is 17.6. The van der Waals surface area contributed by atoms with E-state index in [-0.39, 0.29) is 6.04 Å². The molecule has 3 rings (SSSR count). The fourth-order valence-corrected chi connectivity index (χ4v) is 4.43. The van der Waals surface area contributed by atoms with Gasteiger partial charge in [-0.1, -0.05) is 55.3 Å². The first-order chi connectivity index (χ1) is 9.83. The van der Waals surface area contributed by atoms with E-state index in [1.807, 2.05) is 0 Å². The summed E-state index contributed by atoms with van der Waals surface area (Å²) >= 11 is 2.09. The average molecular weight is 285 g/mol. The summed E-state index contributed by atoms with van der Waals surface area (Å²) in [6.45, 7) is 0. The van der Waals surface area contributed by atoms with Gasteiger partial charge in [0.2, 0.25) is 0 Å². The molecule has 0 heterocycles. The Balaban J connectivity index is 1.63. The van der Waals surface area contributed by atoms with Crippen LogP contribution in [0.4, 0.5) is 0 Å². The zero-order chi connectivity index (χ0) is 13.8. The fraction of sp³-hybridized carbons (Fsp3) is 0.444. The van der Waals surface area contributed by atoms with Gasteiger partial charge in [-0.25, -0.2) is 0 Å². The van der Waals surface area contributed by atoms with E-state index in [4.69, 9.17) is 5.73 Å². The quantitative estimate of drug-likeness (QED) is 0.882. The molecule has 1 saturated carbocycles. The molecule has 0 bridgehead atoms. The lowest BCUT2D eigenvalue weighted by Crippen LogP contribution is -2.26. The van der Waals surface area contributed by atoms with Crippen molar-refractivity contribution < 1.29 is 0 Å². The van der Waals surface area contributed by atoms with Crippen LogP contribution in [-0.4, -0.2) is 17.0 Å². The number of nitrogens with two attached hydrogens (primary N) is 1. The topological polar surface area (TPSA) is 26.0 Å². The molecule has 1 nitrogen and oxygen atoms in total. The Kier molecular flexibility index (Phi) is 4.64. The van der Waals surface area contributed by atoms with Gasteiger partial charge in [0.15, 0.2) is 0 Å². The summed E-state index contributed by atoms with van der Waals surface area (Å²) in [5.41, 5.74) is 7.75. The highest BCUT2D eigenvalue weighted by Crippen LogP contribution is 2.30. The summed E-state index contributed by atoms with van der Waals surface area (Å²) < 4.78 is 0. The van der Waals surface area contributed by atoms with E-state index in [0.29, 0.717) is 0 Å². The standard InChI is InChI=1S/C18H23NS/c19-16(13-20-17-9-2-3-10-17)12-15-8-5-7-14-6-1-4-11-18(14)15/h1,4-8,11,16-17H,2-3,9-10,12-13,19H2. The van der Waals surface area contributed by atoms with Gasteiger partial charge in [0.25, 0.3) is 0 Å². The van der Waals surface area contributed by atoms with E-state index in [9.17, 15) is 0 Å². The van der Waals surface area contributed by atoms with Crippen molar-refractivity contribution in [2.75, 3.05) is 5.75 Å². The Bertz CT molecular complexity index is 555. The summed E-state index contributed by atoms with van der Waals surface area (Å²) in [7, 11) is 0. The molecule has 2 N–H and O–H groups in total. The van der Waals surface area contributed by atoms with E-state index in [1.54, 1.807) is 0 Å². The van der Waals surface area contributed by atoms with E-state index in [1.165, 1.54) is 42.0 Å². The molecule has 106 valence electrons. The van der Waals surface area contributed by atoms with Crippen LogP contribution in [0.5, 0.6) is 0 Å². The third kappa shape index (κ3) is 3.36. The molecule has 20 heavy (non-hydrogen) atoms. The van der Waals surface area contributed by atoms with Crippen LogP contribution in [0.2, 0.25) is 0 Å². The first-order valence-corrected chi connectivity index (χ1v) is 8.71. The lowest BCUT2D eigenvalue weighted by atomic mass is 10.00. The highest BCUT2D eigenvalue weighted by molar-refractivity contribution is 7.99. The second-order valence-electron chi connectivity index (χ2n) is 5.84. The molecular formula is C18H23NS. The van der Waals surface area contributed by atoms with Crippen LogP contribution in [0.15, 0.2) is 42.5 Å². The molecule has 1 aliphatic rings. The van der Waals surface area contributed by atoms with Crippen molar-refractivity contribution in [1.29, 1.82) is 0 Å². The lowest BCUT2D eigenvalue weighted by Gasteiger charge is -2.15. The second kappa shape index (κ2) is 6.64. The molecule has 1 atom stereocenters. The van der Waals surface area contributed by atoms with Gasteiger partial charge in [0.05, 0.1) is 0 Å². The number of benzene rings is 2. The van der Waals surface area contributed by atoms with Crippen molar-refractivity contribution >= 4 is 22.5 Å². The van der Waals surface area contributed by atoms with Gasteiger partial charge in [-0.15, -0.1) is 0 Å². The Morgan fingerprint density at radius 1 is 1.05 bits per heavy atom. The fourth-order valence-electron chi connectivity index (χ4n) is 3.13. The minimum absolute atomic E-state index is 0.270. The van der Waals surface area contributed by atoms with E-state index >= 15 is 0 Å². The van der Waals surface area contributed by atoms with E-state index in [2.05, 4.69) is 54.2 Å². The van der Waals surface area contributed by atoms with Gasteiger partial charge in [0.1, 0.15) is 0 Å². The second-order valence-corrected chi connectivity index (χ2v) is 7.18. The highest BCUT2D eigenvalue weighted by atomic mass is 32.2. The third-order valence-electron chi connectivity index (χ3n) is 4.21. The Morgan fingerprint density at radius 3 is 2.65 bits per heavy atom. The summed E-state index contributed by atoms with van der Waals surface area (Å²) in [5.74, 6) is 1.09. The van der Waals surface area contributed by atoms with Gasteiger partial charge < -0.3 is 5.73 Å². The maximum absolute atomic E-state index is 6.35. The largest absolute Gasteiger partial charge is 0.327 e. The molecule has 1 aliphatic carbocycles. The molecule has 2 aromatic carbocycles. The van der Waals surface area contributed by atoms with Crippen molar-refractivity contribution in [3.05, 3.63) is 48.0 Å². The van der Waals surface area contributed by atoms with Crippen LogP contribution >= 0.6 is 11.8 Å². The first-order valence-electron chi connectivity index (χ1n) is 7.67. The van der Waals surface area contributed by atoms with Crippen molar-refractivity contribution in [2.24, 2.45) is 5.73 Å². The molecular weight excluding hydrogens is 262 g/mol. The molecule has 0 spiro atoms.